The van der Waals surface area contributed by atoms with Crippen molar-refractivity contribution >= 4 is 17.5 Å². The number of anilines is 1. The first-order valence-corrected chi connectivity index (χ1v) is 6.59. The minimum Gasteiger partial charge on any atom is -0.367 e. The number of hydrogen-bond acceptors (Lipinski definition) is 4. The lowest BCUT2D eigenvalue weighted by atomic mass is 9.94. The van der Waals surface area contributed by atoms with Crippen LogP contribution in [0.2, 0.25) is 0 Å². The van der Waals surface area contributed by atoms with Gasteiger partial charge in [0.25, 0.3) is 5.91 Å². The monoisotopic (exact) mass is 276 g/mol. The van der Waals surface area contributed by atoms with Gasteiger partial charge in [-0.2, -0.15) is 0 Å². The second-order valence-electron chi connectivity index (χ2n) is 6.09. The first-order valence-electron chi connectivity index (χ1n) is 6.59. The van der Waals surface area contributed by atoms with E-state index in [9.17, 15) is 9.59 Å². The Morgan fingerprint density at radius 1 is 1.40 bits per heavy atom. The molecule has 20 heavy (non-hydrogen) atoms. The highest BCUT2D eigenvalue weighted by Gasteiger charge is 2.31. The summed E-state index contributed by atoms with van der Waals surface area (Å²) < 4.78 is 0. The van der Waals surface area contributed by atoms with Crippen LogP contribution >= 0.6 is 0 Å². The summed E-state index contributed by atoms with van der Waals surface area (Å²) in [6.45, 7) is 7.12. The molecule has 1 fully saturated rings. The average Bonchev–Trinajstić information content (AvgIpc) is 2.31. The molecule has 1 aliphatic rings. The van der Waals surface area contributed by atoms with Crippen LogP contribution in [0.25, 0.3) is 0 Å². The Morgan fingerprint density at radius 2 is 2.05 bits per heavy atom. The number of rotatable bonds is 3. The van der Waals surface area contributed by atoms with Crippen molar-refractivity contribution in [1.82, 2.24) is 10.3 Å². The van der Waals surface area contributed by atoms with Crippen LogP contribution in [0, 0.1) is 5.41 Å². The van der Waals surface area contributed by atoms with Gasteiger partial charge in [0.1, 0.15) is 5.69 Å². The molecule has 0 atom stereocenters. The Balaban J connectivity index is 1.92. The molecule has 2 heterocycles. The predicted octanol–water partition coefficient (Wildman–Crippen LogP) is 0.531. The van der Waals surface area contributed by atoms with E-state index in [-0.39, 0.29) is 23.1 Å². The SMILES string of the molecule is CC(C)(C)C(=O)NC1CN(c2ccnc(C(N)=O)c2)C1. The highest BCUT2D eigenvalue weighted by Crippen LogP contribution is 2.22. The molecular weight excluding hydrogens is 256 g/mol. The molecule has 108 valence electrons. The number of nitrogens with one attached hydrogen (secondary N) is 1. The minimum atomic E-state index is -0.537. The van der Waals surface area contributed by atoms with Gasteiger partial charge in [-0.25, -0.2) is 0 Å². The van der Waals surface area contributed by atoms with Crippen LogP contribution < -0.4 is 16.0 Å². The Bertz CT molecular complexity index is 530. The fraction of sp³-hybridized carbons (Fsp3) is 0.500. The third-order valence-corrected chi connectivity index (χ3v) is 3.26. The topological polar surface area (TPSA) is 88.3 Å². The summed E-state index contributed by atoms with van der Waals surface area (Å²) in [5.41, 5.74) is 5.98. The number of nitrogens with two attached hydrogens (primary N) is 1. The number of nitrogens with zero attached hydrogens (tertiary/aromatic N) is 2. The van der Waals surface area contributed by atoms with Gasteiger partial charge < -0.3 is 16.0 Å². The molecule has 2 amide bonds. The Morgan fingerprint density at radius 3 is 2.60 bits per heavy atom. The third kappa shape index (κ3) is 3.07. The van der Waals surface area contributed by atoms with E-state index in [1.165, 1.54) is 0 Å². The molecule has 0 radical (unpaired) electrons. The molecule has 0 aliphatic carbocycles. The number of carbonyl (C=O) groups excluding carboxylic acids is 2. The third-order valence-electron chi connectivity index (χ3n) is 3.26. The van der Waals surface area contributed by atoms with Gasteiger partial charge in [-0.15, -0.1) is 0 Å². The van der Waals surface area contributed by atoms with E-state index in [1.807, 2.05) is 26.8 Å². The number of carbonyl (C=O) groups is 2. The number of amides is 2. The van der Waals surface area contributed by atoms with Crippen molar-refractivity contribution < 1.29 is 9.59 Å². The molecule has 6 nitrogen and oxygen atoms in total. The predicted molar refractivity (Wildman–Crippen MR) is 76.4 cm³/mol. The maximum Gasteiger partial charge on any atom is 0.267 e. The molecule has 2 rings (SSSR count). The summed E-state index contributed by atoms with van der Waals surface area (Å²) in [5.74, 6) is -0.486. The molecule has 0 unspecified atom stereocenters. The molecule has 1 aromatic rings. The summed E-state index contributed by atoms with van der Waals surface area (Å²) in [4.78, 5) is 28.9. The van der Waals surface area contributed by atoms with Crippen molar-refractivity contribution in [2.24, 2.45) is 11.1 Å². The zero-order chi connectivity index (χ0) is 14.9. The van der Waals surface area contributed by atoms with Gasteiger partial charge in [-0.05, 0) is 12.1 Å². The van der Waals surface area contributed by atoms with Gasteiger partial charge in [0.2, 0.25) is 5.91 Å². The van der Waals surface area contributed by atoms with Gasteiger partial charge in [-0.1, -0.05) is 20.8 Å². The first kappa shape index (κ1) is 14.3. The second kappa shape index (κ2) is 5.11. The lowest BCUT2D eigenvalue weighted by molar-refractivity contribution is -0.129. The van der Waals surface area contributed by atoms with Gasteiger partial charge in [0.05, 0.1) is 6.04 Å². The number of aromatic nitrogens is 1. The fourth-order valence-corrected chi connectivity index (χ4v) is 1.93. The summed E-state index contributed by atoms with van der Waals surface area (Å²) in [6.07, 6.45) is 1.57. The molecule has 0 spiro atoms. The Kier molecular flexibility index (Phi) is 3.65. The number of pyridine rings is 1. The highest BCUT2D eigenvalue weighted by atomic mass is 16.2. The van der Waals surface area contributed by atoms with Crippen molar-refractivity contribution in [3.63, 3.8) is 0 Å². The van der Waals surface area contributed by atoms with E-state index < -0.39 is 5.91 Å². The summed E-state index contributed by atoms with van der Waals surface area (Å²) in [7, 11) is 0. The van der Waals surface area contributed by atoms with Gasteiger partial charge in [0, 0.05) is 30.4 Å². The van der Waals surface area contributed by atoms with Crippen LogP contribution in [-0.4, -0.2) is 35.9 Å². The maximum absolute atomic E-state index is 11.9. The van der Waals surface area contributed by atoms with E-state index in [2.05, 4.69) is 15.2 Å². The lowest BCUT2D eigenvalue weighted by Crippen LogP contribution is -2.60. The van der Waals surface area contributed by atoms with Gasteiger partial charge >= 0.3 is 0 Å². The largest absolute Gasteiger partial charge is 0.367 e. The van der Waals surface area contributed by atoms with Gasteiger partial charge in [-0.3, -0.25) is 14.6 Å². The highest BCUT2D eigenvalue weighted by molar-refractivity contribution is 5.91. The quantitative estimate of drug-likeness (QED) is 0.843. The first-order chi connectivity index (χ1) is 9.27. The molecular formula is C14H20N4O2. The Labute approximate surface area is 118 Å². The molecule has 0 aromatic carbocycles. The molecule has 3 N–H and O–H groups in total. The summed E-state index contributed by atoms with van der Waals surface area (Å²) in [6, 6.07) is 3.64. The molecule has 6 heteroatoms. The van der Waals surface area contributed by atoms with Crippen molar-refractivity contribution in [2.45, 2.75) is 26.8 Å². The fourth-order valence-electron chi connectivity index (χ4n) is 1.93. The molecule has 0 saturated carbocycles. The zero-order valence-electron chi connectivity index (χ0n) is 12.0. The standard InChI is InChI=1S/C14H20N4O2/c1-14(2,3)13(20)17-9-7-18(8-9)10-4-5-16-11(6-10)12(15)19/h4-6,9H,7-8H2,1-3H3,(H2,15,19)(H,17,20). The number of primary amides is 1. The van der Waals surface area contributed by atoms with Crippen molar-refractivity contribution in [3.8, 4) is 0 Å². The summed E-state index contributed by atoms with van der Waals surface area (Å²) in [5, 5.41) is 3.01. The maximum atomic E-state index is 11.9. The van der Waals surface area contributed by atoms with Crippen LogP contribution in [0.3, 0.4) is 0 Å². The molecule has 1 aliphatic heterocycles. The van der Waals surface area contributed by atoms with Crippen LogP contribution in [0.1, 0.15) is 31.3 Å². The van der Waals surface area contributed by atoms with Crippen molar-refractivity contribution in [1.29, 1.82) is 0 Å². The molecule has 1 saturated heterocycles. The van der Waals surface area contributed by atoms with Crippen LogP contribution in [-0.2, 0) is 4.79 Å². The zero-order valence-corrected chi connectivity index (χ0v) is 12.0. The van der Waals surface area contributed by atoms with E-state index in [0.29, 0.717) is 0 Å². The smallest absolute Gasteiger partial charge is 0.267 e. The Hall–Kier alpha value is -2.11. The summed E-state index contributed by atoms with van der Waals surface area (Å²) >= 11 is 0. The van der Waals surface area contributed by atoms with E-state index in [4.69, 9.17) is 5.73 Å². The van der Waals surface area contributed by atoms with Crippen molar-refractivity contribution in [2.75, 3.05) is 18.0 Å². The van der Waals surface area contributed by atoms with Crippen LogP contribution in [0.4, 0.5) is 5.69 Å². The molecule has 0 bridgehead atoms. The second-order valence-corrected chi connectivity index (χ2v) is 6.09. The lowest BCUT2D eigenvalue weighted by Gasteiger charge is -2.42. The van der Waals surface area contributed by atoms with Gasteiger partial charge in [0.15, 0.2) is 0 Å². The van der Waals surface area contributed by atoms with E-state index in [1.54, 1.807) is 12.3 Å². The molecule has 1 aromatic heterocycles. The normalized spacial score (nSPS) is 15.7. The minimum absolute atomic E-state index is 0.0507. The van der Waals surface area contributed by atoms with Crippen molar-refractivity contribution in [3.05, 3.63) is 24.0 Å². The average molecular weight is 276 g/mol. The van der Waals surface area contributed by atoms with Crippen LogP contribution in [0.5, 0.6) is 0 Å². The van der Waals surface area contributed by atoms with E-state index >= 15 is 0 Å². The number of hydrogen-bond donors (Lipinski definition) is 2. The van der Waals surface area contributed by atoms with E-state index in [0.717, 1.165) is 18.8 Å². The van der Waals surface area contributed by atoms with Crippen LogP contribution in [0.15, 0.2) is 18.3 Å².